The van der Waals surface area contributed by atoms with Gasteiger partial charge in [0.2, 0.25) is 11.2 Å². The number of halogens is 1. The number of rotatable bonds is 4. The largest absolute Gasteiger partial charge is 0.423 e. The van der Waals surface area contributed by atoms with Crippen LogP contribution >= 0.6 is 11.6 Å². The number of primary amides is 1. The molecule has 0 bridgehead atoms. The smallest absolute Gasteiger partial charge is 0.328 e. The number of para-hydroxylation sites is 1. The first-order chi connectivity index (χ1) is 9.10. The lowest BCUT2D eigenvalue weighted by atomic mass is 10.2. The number of ether oxygens (including phenoxy) is 1. The summed E-state index contributed by atoms with van der Waals surface area (Å²) < 4.78 is 5.41. The number of hydrogen-bond acceptors (Lipinski definition) is 6. The molecule has 8 heteroatoms. The molecule has 1 heterocycles. The van der Waals surface area contributed by atoms with E-state index in [-0.39, 0.29) is 28.6 Å². The standard InChI is InChI=1S/C11H10ClN5O2/c1-14-10-15-9(12)16-11(17-10)19-7-5-3-2-4-6(7)8(13)18/h2-5H,1H3,(H2,13,18)(H,14,15,16,17). The zero-order chi connectivity index (χ0) is 13.8. The third-order valence-electron chi connectivity index (χ3n) is 2.16. The molecule has 0 saturated carbocycles. The van der Waals surface area contributed by atoms with E-state index in [1.165, 1.54) is 0 Å². The molecule has 0 unspecified atom stereocenters. The molecule has 3 N–H and O–H groups in total. The molecule has 0 radical (unpaired) electrons. The fourth-order valence-corrected chi connectivity index (χ4v) is 1.50. The van der Waals surface area contributed by atoms with Crippen molar-refractivity contribution in [2.75, 3.05) is 12.4 Å². The molecule has 19 heavy (non-hydrogen) atoms. The number of carbonyl (C=O) groups is 1. The average Bonchev–Trinajstić information content (AvgIpc) is 2.38. The highest BCUT2D eigenvalue weighted by atomic mass is 35.5. The van der Waals surface area contributed by atoms with E-state index in [1.807, 2.05) is 0 Å². The van der Waals surface area contributed by atoms with Crippen LogP contribution in [-0.4, -0.2) is 27.9 Å². The van der Waals surface area contributed by atoms with Crippen LogP contribution in [0, 0.1) is 0 Å². The second kappa shape index (κ2) is 5.49. The average molecular weight is 280 g/mol. The van der Waals surface area contributed by atoms with Crippen molar-refractivity contribution in [3.05, 3.63) is 35.1 Å². The van der Waals surface area contributed by atoms with Crippen molar-refractivity contribution in [2.45, 2.75) is 0 Å². The predicted molar refractivity (Wildman–Crippen MR) is 69.4 cm³/mol. The van der Waals surface area contributed by atoms with E-state index in [1.54, 1.807) is 31.3 Å². The fraction of sp³-hybridized carbons (Fsp3) is 0.0909. The van der Waals surface area contributed by atoms with Crippen LogP contribution in [-0.2, 0) is 0 Å². The van der Waals surface area contributed by atoms with E-state index in [0.29, 0.717) is 0 Å². The van der Waals surface area contributed by atoms with Crippen LogP contribution in [0.15, 0.2) is 24.3 Å². The summed E-state index contributed by atoms with van der Waals surface area (Å²) in [7, 11) is 1.63. The molecule has 0 spiro atoms. The van der Waals surface area contributed by atoms with Crippen molar-refractivity contribution in [3.8, 4) is 11.8 Å². The van der Waals surface area contributed by atoms with Gasteiger partial charge in [-0.1, -0.05) is 12.1 Å². The quantitative estimate of drug-likeness (QED) is 0.878. The monoisotopic (exact) mass is 279 g/mol. The molecule has 7 nitrogen and oxygen atoms in total. The molecule has 0 aliphatic carbocycles. The van der Waals surface area contributed by atoms with Gasteiger partial charge < -0.3 is 15.8 Å². The first kappa shape index (κ1) is 13.0. The van der Waals surface area contributed by atoms with Crippen LogP contribution < -0.4 is 15.8 Å². The summed E-state index contributed by atoms with van der Waals surface area (Å²) in [6.45, 7) is 0. The first-order valence-corrected chi connectivity index (χ1v) is 5.64. The van der Waals surface area contributed by atoms with Gasteiger partial charge in [0.15, 0.2) is 0 Å². The van der Waals surface area contributed by atoms with Gasteiger partial charge >= 0.3 is 6.01 Å². The normalized spacial score (nSPS) is 10.0. The third kappa shape index (κ3) is 3.08. The molecule has 0 atom stereocenters. The van der Waals surface area contributed by atoms with Gasteiger partial charge in [-0.15, -0.1) is 0 Å². The number of aromatic nitrogens is 3. The number of anilines is 1. The SMILES string of the molecule is CNc1nc(Cl)nc(Oc2ccccc2C(N)=O)n1. The number of hydrogen-bond donors (Lipinski definition) is 2. The van der Waals surface area contributed by atoms with Crippen molar-refractivity contribution in [1.82, 2.24) is 15.0 Å². The summed E-state index contributed by atoms with van der Waals surface area (Å²) in [5, 5.41) is 2.69. The van der Waals surface area contributed by atoms with Crippen LogP contribution in [0.2, 0.25) is 5.28 Å². The Labute approximate surface area is 113 Å². The topological polar surface area (TPSA) is 103 Å². The molecule has 98 valence electrons. The van der Waals surface area contributed by atoms with Crippen molar-refractivity contribution in [2.24, 2.45) is 5.73 Å². The van der Waals surface area contributed by atoms with Crippen molar-refractivity contribution >= 4 is 23.5 Å². The molecular formula is C11H10ClN5O2. The van der Waals surface area contributed by atoms with Crippen LogP contribution in [0.1, 0.15) is 10.4 Å². The summed E-state index contributed by atoms with van der Waals surface area (Å²) in [5.41, 5.74) is 5.47. The van der Waals surface area contributed by atoms with Crippen LogP contribution in [0.3, 0.4) is 0 Å². The van der Waals surface area contributed by atoms with E-state index in [2.05, 4.69) is 20.3 Å². The molecule has 1 aromatic carbocycles. The lowest BCUT2D eigenvalue weighted by Crippen LogP contribution is -2.12. The minimum absolute atomic E-state index is 0.0223. The highest BCUT2D eigenvalue weighted by molar-refractivity contribution is 6.28. The molecule has 1 amide bonds. The Morgan fingerprint density at radius 1 is 1.32 bits per heavy atom. The van der Waals surface area contributed by atoms with E-state index in [0.717, 1.165) is 0 Å². The summed E-state index contributed by atoms with van der Waals surface area (Å²) in [5.74, 6) is -0.101. The van der Waals surface area contributed by atoms with Gasteiger partial charge in [-0.05, 0) is 23.7 Å². The second-order valence-electron chi connectivity index (χ2n) is 3.42. The van der Waals surface area contributed by atoms with Crippen LogP contribution in [0.5, 0.6) is 11.8 Å². The fourth-order valence-electron chi connectivity index (χ4n) is 1.35. The molecule has 0 aliphatic heterocycles. The second-order valence-corrected chi connectivity index (χ2v) is 3.76. The number of amides is 1. The molecule has 1 aromatic heterocycles. The Morgan fingerprint density at radius 2 is 2.05 bits per heavy atom. The van der Waals surface area contributed by atoms with Crippen molar-refractivity contribution in [3.63, 3.8) is 0 Å². The Bertz CT molecular complexity index is 620. The van der Waals surface area contributed by atoms with Crippen LogP contribution in [0.25, 0.3) is 0 Å². The van der Waals surface area contributed by atoms with Gasteiger partial charge in [-0.3, -0.25) is 4.79 Å². The summed E-state index contributed by atoms with van der Waals surface area (Å²) >= 11 is 5.72. The maximum absolute atomic E-state index is 11.3. The van der Waals surface area contributed by atoms with Gasteiger partial charge in [0, 0.05) is 7.05 Å². The van der Waals surface area contributed by atoms with E-state index in [9.17, 15) is 4.79 Å². The molecule has 2 rings (SSSR count). The van der Waals surface area contributed by atoms with Gasteiger partial charge in [0.1, 0.15) is 5.75 Å². The summed E-state index contributed by atoms with van der Waals surface area (Å²) in [4.78, 5) is 22.8. The number of benzene rings is 1. The summed E-state index contributed by atoms with van der Waals surface area (Å²) in [6, 6.07) is 6.46. The number of nitrogens with one attached hydrogen (secondary N) is 1. The molecule has 0 saturated heterocycles. The number of nitrogens with two attached hydrogens (primary N) is 1. The van der Waals surface area contributed by atoms with E-state index < -0.39 is 5.91 Å². The van der Waals surface area contributed by atoms with E-state index >= 15 is 0 Å². The maximum Gasteiger partial charge on any atom is 0.328 e. The maximum atomic E-state index is 11.3. The molecular weight excluding hydrogens is 270 g/mol. The predicted octanol–water partition coefficient (Wildman–Crippen LogP) is 1.46. The van der Waals surface area contributed by atoms with Crippen molar-refractivity contribution < 1.29 is 9.53 Å². The summed E-state index contributed by atoms with van der Waals surface area (Å²) in [6.07, 6.45) is 0. The minimum Gasteiger partial charge on any atom is -0.423 e. The Balaban J connectivity index is 2.36. The zero-order valence-electron chi connectivity index (χ0n) is 9.92. The van der Waals surface area contributed by atoms with Gasteiger partial charge in [-0.25, -0.2) is 0 Å². The van der Waals surface area contributed by atoms with Crippen LogP contribution in [0.4, 0.5) is 5.95 Å². The molecule has 0 fully saturated rings. The molecule has 0 aliphatic rings. The number of carbonyl (C=O) groups excluding carboxylic acids is 1. The lowest BCUT2D eigenvalue weighted by Gasteiger charge is -2.08. The van der Waals surface area contributed by atoms with E-state index in [4.69, 9.17) is 22.1 Å². The zero-order valence-corrected chi connectivity index (χ0v) is 10.7. The lowest BCUT2D eigenvalue weighted by molar-refractivity contribution is 0.0998. The Hall–Kier alpha value is -2.41. The Kier molecular flexibility index (Phi) is 3.76. The molecule has 2 aromatic rings. The van der Waals surface area contributed by atoms with Crippen molar-refractivity contribution in [1.29, 1.82) is 0 Å². The highest BCUT2D eigenvalue weighted by Gasteiger charge is 2.12. The number of nitrogens with zero attached hydrogens (tertiary/aromatic N) is 3. The Morgan fingerprint density at radius 3 is 2.74 bits per heavy atom. The van der Waals surface area contributed by atoms with Gasteiger partial charge in [-0.2, -0.15) is 15.0 Å². The minimum atomic E-state index is -0.607. The third-order valence-corrected chi connectivity index (χ3v) is 2.33. The highest BCUT2D eigenvalue weighted by Crippen LogP contribution is 2.23. The van der Waals surface area contributed by atoms with Gasteiger partial charge in [0.25, 0.3) is 5.91 Å². The van der Waals surface area contributed by atoms with Gasteiger partial charge in [0.05, 0.1) is 5.56 Å². The first-order valence-electron chi connectivity index (χ1n) is 5.26.